The van der Waals surface area contributed by atoms with Gasteiger partial charge in [-0.3, -0.25) is 4.98 Å². The van der Waals surface area contributed by atoms with Crippen molar-refractivity contribution in [2.45, 2.75) is 32.6 Å². The van der Waals surface area contributed by atoms with E-state index < -0.39 is 0 Å². The van der Waals surface area contributed by atoms with E-state index in [1.165, 1.54) is 25.7 Å². The highest BCUT2D eigenvalue weighted by Gasteiger charge is 2.16. The summed E-state index contributed by atoms with van der Waals surface area (Å²) in [6.07, 6.45) is 6.88. The van der Waals surface area contributed by atoms with Gasteiger partial charge in [0.15, 0.2) is 5.84 Å². The van der Waals surface area contributed by atoms with Crippen LogP contribution >= 0.6 is 0 Å². The van der Waals surface area contributed by atoms with E-state index in [1.807, 2.05) is 6.07 Å². The van der Waals surface area contributed by atoms with E-state index >= 15 is 0 Å². The van der Waals surface area contributed by atoms with Crippen LogP contribution in [0.4, 0.5) is 5.69 Å². The van der Waals surface area contributed by atoms with Gasteiger partial charge in [-0.25, -0.2) is 0 Å². The number of aromatic nitrogens is 1. The summed E-state index contributed by atoms with van der Waals surface area (Å²) in [6, 6.07) is 3.79. The summed E-state index contributed by atoms with van der Waals surface area (Å²) >= 11 is 0. The maximum Gasteiger partial charge on any atom is 0.188 e. The van der Waals surface area contributed by atoms with E-state index in [0.717, 1.165) is 24.7 Å². The average Bonchev–Trinajstić information content (AvgIpc) is 2.72. The molecule has 0 saturated carbocycles. The Balaban J connectivity index is 2.05. The van der Waals surface area contributed by atoms with Crippen LogP contribution in [0.1, 0.15) is 38.3 Å². The van der Waals surface area contributed by atoms with E-state index in [0.29, 0.717) is 5.69 Å². The maximum atomic E-state index is 8.61. The molecule has 0 amide bonds. The third-order valence-electron chi connectivity index (χ3n) is 3.91. The van der Waals surface area contributed by atoms with Crippen molar-refractivity contribution >= 4 is 11.5 Å². The fourth-order valence-corrected chi connectivity index (χ4v) is 2.61. The van der Waals surface area contributed by atoms with E-state index in [4.69, 9.17) is 10.9 Å². The molecule has 1 aliphatic rings. The van der Waals surface area contributed by atoms with Crippen molar-refractivity contribution in [3.05, 3.63) is 24.0 Å². The number of hydrogen-bond acceptors (Lipinski definition) is 4. The van der Waals surface area contributed by atoms with Gasteiger partial charge in [-0.2, -0.15) is 0 Å². The zero-order chi connectivity index (χ0) is 13.7. The number of amidine groups is 1. The molecule has 0 radical (unpaired) electrons. The summed E-state index contributed by atoms with van der Waals surface area (Å²) in [5.74, 6) is 0.905. The van der Waals surface area contributed by atoms with Gasteiger partial charge in [-0.15, -0.1) is 0 Å². The molecule has 1 unspecified atom stereocenters. The Labute approximate surface area is 114 Å². The first-order chi connectivity index (χ1) is 9.24. The maximum absolute atomic E-state index is 8.61. The lowest BCUT2D eigenvalue weighted by atomic mass is 9.98. The molecule has 1 fully saturated rings. The van der Waals surface area contributed by atoms with Gasteiger partial charge in [0.05, 0.1) is 11.9 Å². The van der Waals surface area contributed by atoms with E-state index in [1.54, 1.807) is 12.3 Å². The fraction of sp³-hybridized carbons (Fsp3) is 0.571. The normalized spacial score (nSPS) is 21.2. The first kappa shape index (κ1) is 13.6. The molecule has 2 rings (SSSR count). The molecule has 0 aromatic carbocycles. The minimum atomic E-state index is 0.0495. The summed E-state index contributed by atoms with van der Waals surface area (Å²) in [5, 5.41) is 11.6. The molecule has 5 nitrogen and oxygen atoms in total. The molecule has 1 aromatic rings. The van der Waals surface area contributed by atoms with Gasteiger partial charge in [-0.1, -0.05) is 18.5 Å². The van der Waals surface area contributed by atoms with Crippen LogP contribution in [-0.4, -0.2) is 29.1 Å². The lowest BCUT2D eigenvalue weighted by molar-refractivity contribution is 0.318. The van der Waals surface area contributed by atoms with Crippen molar-refractivity contribution in [2.24, 2.45) is 16.8 Å². The predicted molar refractivity (Wildman–Crippen MR) is 76.6 cm³/mol. The van der Waals surface area contributed by atoms with Crippen molar-refractivity contribution in [1.82, 2.24) is 4.98 Å². The molecule has 1 saturated heterocycles. The molecule has 19 heavy (non-hydrogen) atoms. The van der Waals surface area contributed by atoms with Crippen LogP contribution in [0.25, 0.3) is 0 Å². The van der Waals surface area contributed by atoms with Gasteiger partial charge in [-0.05, 0) is 37.3 Å². The van der Waals surface area contributed by atoms with Crippen molar-refractivity contribution in [2.75, 3.05) is 18.0 Å². The molecule has 1 aliphatic heterocycles. The van der Waals surface area contributed by atoms with E-state index in [9.17, 15) is 0 Å². The summed E-state index contributed by atoms with van der Waals surface area (Å²) < 4.78 is 0. The number of rotatable bonds is 3. The topological polar surface area (TPSA) is 74.7 Å². The van der Waals surface area contributed by atoms with Crippen LogP contribution in [-0.2, 0) is 0 Å². The molecular weight excluding hydrogens is 240 g/mol. The Hall–Kier alpha value is -1.78. The number of nitrogens with zero attached hydrogens (tertiary/aromatic N) is 3. The molecule has 104 valence electrons. The predicted octanol–water partition coefficient (Wildman–Crippen LogP) is 2.19. The second-order valence-corrected chi connectivity index (χ2v) is 5.08. The molecule has 2 heterocycles. The quantitative estimate of drug-likeness (QED) is 0.379. The Bertz CT molecular complexity index is 430. The van der Waals surface area contributed by atoms with Crippen molar-refractivity contribution in [3.8, 4) is 0 Å². The summed E-state index contributed by atoms with van der Waals surface area (Å²) in [6.45, 7) is 4.44. The third kappa shape index (κ3) is 3.36. The van der Waals surface area contributed by atoms with Crippen molar-refractivity contribution < 1.29 is 5.21 Å². The van der Waals surface area contributed by atoms with Crippen molar-refractivity contribution in [3.63, 3.8) is 0 Å². The molecular formula is C14H22N4O. The molecule has 3 N–H and O–H groups in total. The molecule has 0 spiro atoms. The van der Waals surface area contributed by atoms with Gasteiger partial charge >= 0.3 is 0 Å². The highest BCUT2D eigenvalue weighted by molar-refractivity contribution is 5.95. The zero-order valence-corrected chi connectivity index (χ0v) is 11.4. The van der Waals surface area contributed by atoms with Crippen LogP contribution in [0, 0.1) is 5.92 Å². The largest absolute Gasteiger partial charge is 0.409 e. The summed E-state index contributed by atoms with van der Waals surface area (Å²) in [4.78, 5) is 6.61. The minimum Gasteiger partial charge on any atom is -0.409 e. The standard InChI is InChI=1S/C14H22N4O/c1-2-11-4-3-8-18(9-7-11)12-5-6-13(16-10-12)14(15)17-19/h5-6,10-11,19H,2-4,7-9H2,1H3,(H2,15,17). The first-order valence-corrected chi connectivity index (χ1v) is 6.93. The van der Waals surface area contributed by atoms with Gasteiger partial charge in [0.25, 0.3) is 0 Å². The zero-order valence-electron chi connectivity index (χ0n) is 11.4. The lowest BCUT2D eigenvalue weighted by Crippen LogP contribution is -2.24. The van der Waals surface area contributed by atoms with Gasteiger partial charge in [0, 0.05) is 13.1 Å². The Morgan fingerprint density at radius 3 is 2.95 bits per heavy atom. The van der Waals surface area contributed by atoms with E-state index in [-0.39, 0.29) is 5.84 Å². The first-order valence-electron chi connectivity index (χ1n) is 6.93. The highest BCUT2D eigenvalue weighted by atomic mass is 16.4. The molecule has 0 bridgehead atoms. The second kappa shape index (κ2) is 6.41. The molecule has 5 heteroatoms. The fourth-order valence-electron chi connectivity index (χ4n) is 2.61. The van der Waals surface area contributed by atoms with Crippen LogP contribution in [0.3, 0.4) is 0 Å². The number of hydrogen-bond donors (Lipinski definition) is 2. The average molecular weight is 262 g/mol. The highest BCUT2D eigenvalue weighted by Crippen LogP contribution is 2.24. The number of nitrogens with two attached hydrogens (primary N) is 1. The van der Waals surface area contributed by atoms with Gasteiger partial charge in [0.1, 0.15) is 5.69 Å². The van der Waals surface area contributed by atoms with Crippen molar-refractivity contribution in [1.29, 1.82) is 0 Å². The SMILES string of the molecule is CCC1CCCN(c2ccc(/C(N)=N/O)nc2)CC1. The van der Waals surface area contributed by atoms with E-state index in [2.05, 4.69) is 22.0 Å². The summed E-state index contributed by atoms with van der Waals surface area (Å²) in [5.41, 5.74) is 7.13. The van der Waals surface area contributed by atoms with Crippen LogP contribution in [0.5, 0.6) is 0 Å². The number of pyridine rings is 1. The lowest BCUT2D eigenvalue weighted by Gasteiger charge is -2.22. The number of anilines is 1. The third-order valence-corrected chi connectivity index (χ3v) is 3.91. The van der Waals surface area contributed by atoms with Gasteiger partial charge in [0.2, 0.25) is 0 Å². The molecule has 1 aromatic heterocycles. The minimum absolute atomic E-state index is 0.0495. The smallest absolute Gasteiger partial charge is 0.188 e. The van der Waals surface area contributed by atoms with Crippen LogP contribution < -0.4 is 10.6 Å². The van der Waals surface area contributed by atoms with Gasteiger partial charge < -0.3 is 15.8 Å². The Kier molecular flexibility index (Phi) is 4.60. The summed E-state index contributed by atoms with van der Waals surface area (Å²) in [7, 11) is 0. The molecule has 0 aliphatic carbocycles. The monoisotopic (exact) mass is 262 g/mol. The Morgan fingerprint density at radius 2 is 2.32 bits per heavy atom. The number of oxime groups is 1. The Morgan fingerprint density at radius 1 is 1.47 bits per heavy atom. The second-order valence-electron chi connectivity index (χ2n) is 5.08. The van der Waals surface area contributed by atoms with Crippen LogP contribution in [0.15, 0.2) is 23.5 Å². The molecule has 1 atom stereocenters. The van der Waals surface area contributed by atoms with Crippen LogP contribution in [0.2, 0.25) is 0 Å².